The summed E-state index contributed by atoms with van der Waals surface area (Å²) in [5.74, 6) is -0.932. The Balaban J connectivity index is 2.17. The molecule has 24 heavy (non-hydrogen) atoms. The van der Waals surface area contributed by atoms with Gasteiger partial charge < -0.3 is 4.90 Å². The van der Waals surface area contributed by atoms with Crippen LogP contribution in [0.3, 0.4) is 0 Å². The van der Waals surface area contributed by atoms with E-state index < -0.39 is 20.7 Å². The fourth-order valence-corrected chi connectivity index (χ4v) is 3.62. The Morgan fingerprint density at radius 1 is 1.17 bits per heavy atom. The summed E-state index contributed by atoms with van der Waals surface area (Å²) in [6.45, 7) is 0. The summed E-state index contributed by atoms with van der Waals surface area (Å²) < 4.78 is 40.5. The SMILES string of the molecule is CN(C)C(=O)Sc1ccc(NS(=O)(=O)c2ccc(Cl)cc2F)cc1. The number of hydrogen-bond donors (Lipinski definition) is 1. The smallest absolute Gasteiger partial charge is 0.285 e. The van der Waals surface area contributed by atoms with Crippen LogP contribution in [-0.4, -0.2) is 32.7 Å². The lowest BCUT2D eigenvalue weighted by atomic mass is 10.3. The molecule has 2 aromatic carbocycles. The standard InChI is InChI=1S/C15H14ClFN2O3S2/c1-19(2)15(20)23-12-6-4-11(5-7-12)18-24(21,22)14-8-3-10(16)9-13(14)17/h3-9,18H,1-2H3. The van der Waals surface area contributed by atoms with Crippen molar-refractivity contribution in [3.8, 4) is 0 Å². The first-order chi connectivity index (χ1) is 11.2. The van der Waals surface area contributed by atoms with Gasteiger partial charge in [-0.15, -0.1) is 0 Å². The average molecular weight is 389 g/mol. The number of carbonyl (C=O) groups is 1. The Morgan fingerprint density at radius 3 is 2.33 bits per heavy atom. The molecule has 0 aliphatic carbocycles. The molecule has 0 aromatic heterocycles. The maximum atomic E-state index is 13.8. The largest absolute Gasteiger partial charge is 0.339 e. The number of hydrogen-bond acceptors (Lipinski definition) is 4. The molecule has 0 fully saturated rings. The Morgan fingerprint density at radius 2 is 1.79 bits per heavy atom. The predicted octanol–water partition coefficient (Wildman–Crippen LogP) is 4.05. The Kier molecular flexibility index (Phi) is 5.74. The van der Waals surface area contributed by atoms with Crippen LogP contribution in [0, 0.1) is 5.82 Å². The molecule has 0 heterocycles. The van der Waals surface area contributed by atoms with Crippen LogP contribution in [0.4, 0.5) is 14.9 Å². The minimum absolute atomic E-state index is 0.110. The molecule has 0 unspecified atom stereocenters. The highest BCUT2D eigenvalue weighted by Crippen LogP contribution is 2.25. The monoisotopic (exact) mass is 388 g/mol. The van der Waals surface area contributed by atoms with Gasteiger partial charge in [-0.2, -0.15) is 0 Å². The summed E-state index contributed by atoms with van der Waals surface area (Å²) in [5.41, 5.74) is 0.256. The van der Waals surface area contributed by atoms with E-state index >= 15 is 0 Å². The molecule has 5 nitrogen and oxygen atoms in total. The maximum Gasteiger partial charge on any atom is 0.285 e. The van der Waals surface area contributed by atoms with Gasteiger partial charge in [-0.1, -0.05) is 11.6 Å². The summed E-state index contributed by atoms with van der Waals surface area (Å²) in [7, 11) is -0.801. The number of benzene rings is 2. The van der Waals surface area contributed by atoms with Gasteiger partial charge in [-0.25, -0.2) is 12.8 Å². The maximum absolute atomic E-state index is 13.8. The second kappa shape index (κ2) is 7.42. The van der Waals surface area contributed by atoms with E-state index in [9.17, 15) is 17.6 Å². The Labute approximate surface area is 148 Å². The lowest BCUT2D eigenvalue weighted by Gasteiger charge is -2.11. The molecule has 0 radical (unpaired) electrons. The van der Waals surface area contributed by atoms with Gasteiger partial charge in [0.05, 0.1) is 0 Å². The van der Waals surface area contributed by atoms with Crippen molar-refractivity contribution in [3.05, 3.63) is 53.3 Å². The van der Waals surface area contributed by atoms with E-state index in [-0.39, 0.29) is 15.9 Å². The van der Waals surface area contributed by atoms with Gasteiger partial charge in [-0.3, -0.25) is 9.52 Å². The summed E-state index contributed by atoms with van der Waals surface area (Å²) in [4.78, 5) is 13.2. The van der Waals surface area contributed by atoms with Crippen molar-refractivity contribution >= 4 is 44.3 Å². The molecule has 0 saturated heterocycles. The number of nitrogens with one attached hydrogen (secondary N) is 1. The molecule has 128 valence electrons. The first-order valence-corrected chi connectivity index (χ1v) is 9.34. The van der Waals surface area contributed by atoms with Crippen LogP contribution in [0.1, 0.15) is 0 Å². The van der Waals surface area contributed by atoms with Gasteiger partial charge in [0.25, 0.3) is 15.3 Å². The molecule has 0 spiro atoms. The van der Waals surface area contributed by atoms with Crippen molar-refractivity contribution in [3.63, 3.8) is 0 Å². The average Bonchev–Trinajstić information content (AvgIpc) is 2.48. The number of anilines is 1. The van der Waals surface area contributed by atoms with Crippen molar-refractivity contribution in [1.29, 1.82) is 0 Å². The van der Waals surface area contributed by atoms with E-state index in [4.69, 9.17) is 11.6 Å². The highest BCUT2D eigenvalue weighted by Gasteiger charge is 2.19. The van der Waals surface area contributed by atoms with E-state index in [1.165, 1.54) is 23.1 Å². The molecule has 0 saturated carbocycles. The minimum atomic E-state index is -4.08. The molecule has 0 aliphatic rings. The summed E-state index contributed by atoms with van der Waals surface area (Å²) in [5, 5.41) is -0.0371. The third kappa shape index (κ3) is 4.62. The van der Waals surface area contributed by atoms with E-state index in [1.54, 1.807) is 26.2 Å². The number of halogens is 2. The number of amides is 1. The first-order valence-electron chi connectivity index (χ1n) is 6.66. The van der Waals surface area contributed by atoms with Crippen molar-refractivity contribution in [2.75, 3.05) is 18.8 Å². The van der Waals surface area contributed by atoms with Crippen molar-refractivity contribution in [2.24, 2.45) is 0 Å². The zero-order valence-electron chi connectivity index (χ0n) is 12.8. The van der Waals surface area contributed by atoms with Crippen LogP contribution in [0.25, 0.3) is 0 Å². The highest BCUT2D eigenvalue weighted by atomic mass is 35.5. The zero-order valence-corrected chi connectivity index (χ0v) is 15.2. The number of carbonyl (C=O) groups excluding carboxylic acids is 1. The lowest BCUT2D eigenvalue weighted by Crippen LogP contribution is -2.16. The van der Waals surface area contributed by atoms with Gasteiger partial charge in [-0.05, 0) is 54.2 Å². The molecular formula is C15H14ClFN2O3S2. The van der Waals surface area contributed by atoms with E-state index in [1.807, 2.05) is 0 Å². The van der Waals surface area contributed by atoms with Crippen molar-refractivity contribution in [2.45, 2.75) is 9.79 Å². The topological polar surface area (TPSA) is 66.5 Å². The van der Waals surface area contributed by atoms with Gasteiger partial charge in [0.2, 0.25) is 0 Å². The van der Waals surface area contributed by atoms with Gasteiger partial charge in [0.1, 0.15) is 10.7 Å². The van der Waals surface area contributed by atoms with Crippen LogP contribution < -0.4 is 4.72 Å². The number of rotatable bonds is 4. The number of nitrogens with zero attached hydrogens (tertiary/aromatic N) is 1. The molecule has 1 N–H and O–H groups in total. The summed E-state index contributed by atoms with van der Waals surface area (Å²) >= 11 is 6.63. The number of sulfonamides is 1. The molecule has 0 aliphatic heterocycles. The zero-order chi connectivity index (χ0) is 17.9. The second-order valence-electron chi connectivity index (χ2n) is 4.97. The Hall–Kier alpha value is -1.77. The summed E-state index contributed by atoms with van der Waals surface area (Å²) in [6, 6.07) is 9.52. The van der Waals surface area contributed by atoms with E-state index in [0.29, 0.717) is 4.90 Å². The van der Waals surface area contributed by atoms with E-state index in [2.05, 4.69) is 4.72 Å². The fourth-order valence-electron chi connectivity index (χ4n) is 1.69. The molecule has 9 heteroatoms. The fraction of sp³-hybridized carbons (Fsp3) is 0.133. The molecule has 0 atom stereocenters. The van der Waals surface area contributed by atoms with Crippen molar-refractivity contribution in [1.82, 2.24) is 4.90 Å². The molecular weight excluding hydrogens is 375 g/mol. The normalized spacial score (nSPS) is 11.2. The highest BCUT2D eigenvalue weighted by molar-refractivity contribution is 8.13. The molecule has 1 amide bonds. The molecule has 2 rings (SSSR count). The number of thioether (sulfide) groups is 1. The van der Waals surface area contributed by atoms with Crippen LogP contribution in [0.15, 0.2) is 52.3 Å². The van der Waals surface area contributed by atoms with Crippen LogP contribution >= 0.6 is 23.4 Å². The molecule has 0 bridgehead atoms. The third-order valence-electron chi connectivity index (χ3n) is 2.86. The van der Waals surface area contributed by atoms with Gasteiger partial charge in [0, 0.05) is 29.7 Å². The van der Waals surface area contributed by atoms with Crippen LogP contribution in [0.5, 0.6) is 0 Å². The quantitative estimate of drug-likeness (QED) is 0.802. The second-order valence-corrected chi connectivity index (χ2v) is 8.08. The summed E-state index contributed by atoms with van der Waals surface area (Å²) in [6.07, 6.45) is 0. The van der Waals surface area contributed by atoms with Gasteiger partial charge >= 0.3 is 0 Å². The van der Waals surface area contributed by atoms with Crippen LogP contribution in [-0.2, 0) is 10.0 Å². The van der Waals surface area contributed by atoms with Crippen molar-refractivity contribution < 1.29 is 17.6 Å². The molecule has 2 aromatic rings. The minimum Gasteiger partial charge on any atom is -0.339 e. The lowest BCUT2D eigenvalue weighted by molar-refractivity contribution is 0.241. The van der Waals surface area contributed by atoms with Gasteiger partial charge in [0.15, 0.2) is 0 Å². The van der Waals surface area contributed by atoms with Crippen LogP contribution in [0.2, 0.25) is 5.02 Å². The third-order valence-corrected chi connectivity index (χ3v) is 5.56. The Bertz CT molecular complexity index is 856. The predicted molar refractivity (Wildman–Crippen MR) is 93.6 cm³/mol. The first kappa shape index (κ1) is 18.6. The van der Waals surface area contributed by atoms with E-state index in [0.717, 1.165) is 23.9 Å².